The third kappa shape index (κ3) is 10.8. The Morgan fingerprint density at radius 1 is 1.11 bits per heavy atom. The molecule has 0 aliphatic rings. The van der Waals surface area contributed by atoms with E-state index in [-0.39, 0.29) is 25.9 Å². The summed E-state index contributed by atoms with van der Waals surface area (Å²) < 4.78 is 14.1. The van der Waals surface area contributed by atoms with Gasteiger partial charge in [-0.3, -0.25) is 0 Å². The van der Waals surface area contributed by atoms with E-state index in [4.69, 9.17) is 9.47 Å². The first kappa shape index (κ1) is 16.9. The molecule has 0 atom stereocenters. The van der Waals surface area contributed by atoms with Crippen molar-refractivity contribution < 1.29 is 28.6 Å². The largest absolute Gasteiger partial charge is 0.463 e. The third-order valence-corrected chi connectivity index (χ3v) is 1.60. The van der Waals surface area contributed by atoms with Crippen molar-refractivity contribution in [2.75, 3.05) is 19.8 Å². The second-order valence-corrected chi connectivity index (χ2v) is 3.63. The van der Waals surface area contributed by atoms with E-state index in [9.17, 15) is 14.4 Å². The lowest BCUT2D eigenvalue weighted by molar-refractivity contribution is -0.140. The third-order valence-electron chi connectivity index (χ3n) is 1.60. The van der Waals surface area contributed by atoms with E-state index in [2.05, 4.69) is 10.1 Å². The van der Waals surface area contributed by atoms with E-state index < -0.39 is 18.0 Å². The van der Waals surface area contributed by atoms with E-state index in [1.165, 1.54) is 0 Å². The molecule has 7 nitrogen and oxygen atoms in total. The van der Waals surface area contributed by atoms with Crippen molar-refractivity contribution in [3.63, 3.8) is 0 Å². The van der Waals surface area contributed by atoms with Crippen LogP contribution in [0.4, 0.5) is 4.79 Å². The average Bonchev–Trinajstić information content (AvgIpc) is 2.31. The van der Waals surface area contributed by atoms with Crippen LogP contribution in [0.25, 0.3) is 0 Å². The quantitative estimate of drug-likeness (QED) is 0.319. The van der Waals surface area contributed by atoms with Gasteiger partial charge in [0.15, 0.2) is 0 Å². The molecule has 0 saturated heterocycles. The molecule has 0 bridgehead atoms. The number of nitrogens with one attached hydrogen (secondary N) is 1. The predicted molar refractivity (Wildman–Crippen MR) is 66.4 cm³/mol. The van der Waals surface area contributed by atoms with Crippen molar-refractivity contribution >= 4 is 18.0 Å². The molecule has 0 rings (SSSR count). The molecular weight excluding hydrogens is 254 g/mol. The minimum Gasteiger partial charge on any atom is -0.463 e. The van der Waals surface area contributed by atoms with Gasteiger partial charge in [0.2, 0.25) is 0 Å². The SMILES string of the molecule is CCOC(=O)/C=C/C(=O)OCCNC(=O)OC(C)C. The van der Waals surface area contributed by atoms with E-state index in [0.29, 0.717) is 0 Å². The molecule has 0 fully saturated rings. The van der Waals surface area contributed by atoms with Crippen LogP contribution >= 0.6 is 0 Å². The number of esters is 2. The number of amides is 1. The molecule has 1 N–H and O–H groups in total. The molecule has 7 heteroatoms. The molecule has 0 aromatic carbocycles. The van der Waals surface area contributed by atoms with Crippen LogP contribution in [0.1, 0.15) is 20.8 Å². The van der Waals surface area contributed by atoms with E-state index in [1.807, 2.05) is 0 Å². The van der Waals surface area contributed by atoms with Crippen molar-refractivity contribution in [1.29, 1.82) is 0 Å². The number of hydrogen-bond acceptors (Lipinski definition) is 6. The summed E-state index contributed by atoms with van der Waals surface area (Å²) in [6.45, 7) is 5.45. The normalized spacial score (nSPS) is 10.3. The lowest BCUT2D eigenvalue weighted by Gasteiger charge is -2.09. The Hall–Kier alpha value is -2.05. The molecule has 0 aromatic rings. The van der Waals surface area contributed by atoms with Gasteiger partial charge in [0, 0.05) is 12.2 Å². The van der Waals surface area contributed by atoms with Gasteiger partial charge < -0.3 is 19.5 Å². The summed E-state index contributed by atoms with van der Waals surface area (Å²) in [6.07, 6.45) is 1.15. The van der Waals surface area contributed by atoms with E-state index in [0.717, 1.165) is 12.2 Å². The van der Waals surface area contributed by atoms with Crippen LogP contribution in [0, 0.1) is 0 Å². The van der Waals surface area contributed by atoms with E-state index in [1.54, 1.807) is 20.8 Å². The molecule has 0 aliphatic heterocycles. The van der Waals surface area contributed by atoms with Crippen molar-refractivity contribution in [2.45, 2.75) is 26.9 Å². The van der Waals surface area contributed by atoms with Gasteiger partial charge in [-0.25, -0.2) is 14.4 Å². The fourth-order valence-electron chi connectivity index (χ4n) is 0.935. The summed E-state index contributed by atoms with van der Waals surface area (Å²) in [5.74, 6) is -1.30. The zero-order chi connectivity index (χ0) is 14.7. The maximum atomic E-state index is 11.1. The summed E-state index contributed by atoms with van der Waals surface area (Å²) in [6, 6.07) is 0. The molecule has 0 radical (unpaired) electrons. The Bertz CT molecular complexity index is 337. The molecule has 19 heavy (non-hydrogen) atoms. The van der Waals surface area contributed by atoms with Gasteiger partial charge in [0.05, 0.1) is 19.3 Å². The average molecular weight is 273 g/mol. The lowest BCUT2D eigenvalue weighted by Crippen LogP contribution is -2.30. The highest BCUT2D eigenvalue weighted by Gasteiger charge is 2.04. The zero-order valence-electron chi connectivity index (χ0n) is 11.3. The summed E-state index contributed by atoms with van der Waals surface area (Å²) >= 11 is 0. The summed E-state index contributed by atoms with van der Waals surface area (Å²) in [7, 11) is 0. The van der Waals surface area contributed by atoms with Crippen LogP contribution in [-0.4, -0.2) is 43.9 Å². The molecule has 1 amide bonds. The monoisotopic (exact) mass is 273 g/mol. The fraction of sp³-hybridized carbons (Fsp3) is 0.583. The van der Waals surface area contributed by atoms with Gasteiger partial charge in [-0.05, 0) is 20.8 Å². The highest BCUT2D eigenvalue weighted by molar-refractivity contribution is 5.91. The van der Waals surface area contributed by atoms with Crippen LogP contribution < -0.4 is 5.32 Å². The van der Waals surface area contributed by atoms with Crippen LogP contribution in [0.2, 0.25) is 0 Å². The number of rotatable bonds is 7. The van der Waals surface area contributed by atoms with Gasteiger partial charge >= 0.3 is 18.0 Å². The molecule has 0 aromatic heterocycles. The fourth-order valence-corrected chi connectivity index (χ4v) is 0.935. The summed E-state index contributed by atoms with van der Waals surface area (Å²) in [5, 5.41) is 2.40. The first-order valence-corrected chi connectivity index (χ1v) is 5.91. The van der Waals surface area contributed by atoms with E-state index >= 15 is 0 Å². The van der Waals surface area contributed by atoms with Gasteiger partial charge in [-0.1, -0.05) is 0 Å². The molecule has 0 aliphatic carbocycles. The van der Waals surface area contributed by atoms with Gasteiger partial charge in [0.25, 0.3) is 0 Å². The minimum atomic E-state index is -0.688. The van der Waals surface area contributed by atoms with Crippen LogP contribution in [0.3, 0.4) is 0 Å². The Labute approximate surface area is 111 Å². The van der Waals surface area contributed by atoms with Crippen molar-refractivity contribution in [3.8, 4) is 0 Å². The van der Waals surface area contributed by atoms with Crippen LogP contribution in [-0.2, 0) is 23.8 Å². The maximum Gasteiger partial charge on any atom is 0.407 e. The Morgan fingerprint density at radius 3 is 2.21 bits per heavy atom. The Morgan fingerprint density at radius 2 is 1.68 bits per heavy atom. The standard InChI is InChI=1S/C12H19NO6/c1-4-17-10(14)5-6-11(15)18-8-7-13-12(16)19-9(2)3/h5-6,9H,4,7-8H2,1-3H3,(H,13,16)/b6-5+. The second-order valence-electron chi connectivity index (χ2n) is 3.63. The second kappa shape index (κ2) is 9.93. The molecule has 0 unspecified atom stereocenters. The topological polar surface area (TPSA) is 90.9 Å². The Kier molecular flexibility index (Phi) is 8.86. The van der Waals surface area contributed by atoms with Gasteiger partial charge in [-0.2, -0.15) is 0 Å². The van der Waals surface area contributed by atoms with Crippen LogP contribution in [0.5, 0.6) is 0 Å². The molecule has 0 spiro atoms. The predicted octanol–water partition coefficient (Wildman–Crippen LogP) is 0.783. The maximum absolute atomic E-state index is 11.1. The highest BCUT2D eigenvalue weighted by atomic mass is 16.6. The minimum absolute atomic E-state index is 0.0147. The molecule has 0 heterocycles. The number of carbonyl (C=O) groups is 3. The highest BCUT2D eigenvalue weighted by Crippen LogP contribution is 1.88. The molecule has 0 saturated carbocycles. The number of hydrogen-bond donors (Lipinski definition) is 1. The molecular formula is C12H19NO6. The van der Waals surface area contributed by atoms with Crippen molar-refractivity contribution in [3.05, 3.63) is 12.2 Å². The zero-order valence-corrected chi connectivity index (χ0v) is 11.3. The van der Waals surface area contributed by atoms with Gasteiger partial charge in [-0.15, -0.1) is 0 Å². The first-order chi connectivity index (χ1) is 8.95. The van der Waals surface area contributed by atoms with Crippen molar-refractivity contribution in [1.82, 2.24) is 5.32 Å². The lowest BCUT2D eigenvalue weighted by atomic mass is 10.5. The van der Waals surface area contributed by atoms with Crippen molar-refractivity contribution in [2.24, 2.45) is 0 Å². The first-order valence-electron chi connectivity index (χ1n) is 5.91. The van der Waals surface area contributed by atoms with Crippen LogP contribution in [0.15, 0.2) is 12.2 Å². The summed E-state index contributed by atoms with van der Waals surface area (Å²) in [4.78, 5) is 33.0. The number of carbonyl (C=O) groups excluding carboxylic acids is 3. The molecule has 108 valence electrons. The number of alkyl carbamates (subject to hydrolysis) is 1. The summed E-state index contributed by atoms with van der Waals surface area (Å²) in [5.41, 5.74) is 0. The van der Waals surface area contributed by atoms with Gasteiger partial charge in [0.1, 0.15) is 6.61 Å². The number of ether oxygens (including phenoxy) is 3. The Balaban J connectivity index is 3.69. The smallest absolute Gasteiger partial charge is 0.407 e.